The number of imidazole rings is 1. The van der Waals surface area contributed by atoms with Gasteiger partial charge in [0, 0.05) is 12.6 Å². The van der Waals surface area contributed by atoms with Crippen LogP contribution in [0.4, 0.5) is 5.95 Å². The number of rotatable bonds is 4. The number of hydrogen-bond donors (Lipinski definition) is 1. The van der Waals surface area contributed by atoms with Crippen LogP contribution >= 0.6 is 0 Å². The predicted octanol–water partition coefficient (Wildman–Crippen LogP) is 2.26. The van der Waals surface area contributed by atoms with E-state index in [-0.39, 0.29) is 0 Å². The van der Waals surface area contributed by atoms with Crippen LogP contribution in [0.3, 0.4) is 0 Å². The van der Waals surface area contributed by atoms with Crippen LogP contribution < -0.4 is 10.5 Å². The molecule has 3 aromatic rings. The summed E-state index contributed by atoms with van der Waals surface area (Å²) in [4.78, 5) is 8.75. The van der Waals surface area contributed by atoms with Gasteiger partial charge in [0.2, 0.25) is 11.8 Å². The molecule has 3 rings (SSSR count). The first-order valence-electron chi connectivity index (χ1n) is 6.48. The Morgan fingerprint density at radius 2 is 1.90 bits per heavy atom. The maximum absolute atomic E-state index is 5.98. The zero-order chi connectivity index (χ0) is 13.9. The number of ether oxygens (including phenoxy) is 1. The average molecular weight is 268 g/mol. The molecule has 0 aliphatic rings. The predicted molar refractivity (Wildman–Crippen MR) is 78.6 cm³/mol. The van der Waals surface area contributed by atoms with Crippen molar-refractivity contribution in [3.05, 3.63) is 48.0 Å². The summed E-state index contributed by atoms with van der Waals surface area (Å²) in [6.07, 6.45) is 0.884. The minimum absolute atomic E-state index is 0.483. The molecular weight excluding hydrogens is 252 g/mol. The summed E-state index contributed by atoms with van der Waals surface area (Å²) >= 11 is 0. The van der Waals surface area contributed by atoms with Gasteiger partial charge in [0.05, 0.1) is 7.11 Å². The lowest BCUT2D eigenvalue weighted by Gasteiger charge is -2.06. The monoisotopic (exact) mass is 268 g/mol. The van der Waals surface area contributed by atoms with Gasteiger partial charge in [-0.05, 0) is 18.1 Å². The Morgan fingerprint density at radius 3 is 2.65 bits per heavy atom. The Bertz CT molecular complexity index is 721. The summed E-state index contributed by atoms with van der Waals surface area (Å²) in [5.74, 6) is 1.05. The normalized spacial score (nSPS) is 10.8. The molecule has 2 N–H and O–H groups in total. The van der Waals surface area contributed by atoms with E-state index >= 15 is 0 Å². The molecule has 0 unspecified atom stereocenters. The average Bonchev–Trinajstić information content (AvgIpc) is 2.80. The van der Waals surface area contributed by atoms with Crippen molar-refractivity contribution < 1.29 is 4.74 Å². The molecule has 5 nitrogen and oxygen atoms in total. The second kappa shape index (κ2) is 5.21. The number of nitrogens with two attached hydrogens (primary N) is 1. The molecule has 2 aromatic heterocycles. The molecule has 0 amide bonds. The highest BCUT2D eigenvalue weighted by molar-refractivity contribution is 5.74. The maximum Gasteiger partial charge on any atom is 0.215 e. The fourth-order valence-corrected chi connectivity index (χ4v) is 2.22. The van der Waals surface area contributed by atoms with Gasteiger partial charge in [-0.3, -0.25) is 4.57 Å². The van der Waals surface area contributed by atoms with Crippen LogP contribution in [0.25, 0.3) is 11.2 Å². The van der Waals surface area contributed by atoms with Crippen molar-refractivity contribution in [1.29, 1.82) is 0 Å². The van der Waals surface area contributed by atoms with Crippen LogP contribution in [-0.4, -0.2) is 21.6 Å². The van der Waals surface area contributed by atoms with Crippen molar-refractivity contribution in [1.82, 2.24) is 14.5 Å². The second-order valence-electron chi connectivity index (χ2n) is 4.55. The molecule has 0 atom stereocenters. The highest BCUT2D eigenvalue weighted by Crippen LogP contribution is 2.19. The van der Waals surface area contributed by atoms with E-state index in [1.54, 1.807) is 13.2 Å². The van der Waals surface area contributed by atoms with Crippen LogP contribution in [-0.2, 0) is 13.0 Å². The van der Waals surface area contributed by atoms with E-state index in [9.17, 15) is 0 Å². The number of nitrogen functional groups attached to an aromatic ring is 1. The van der Waals surface area contributed by atoms with Crippen LogP contribution in [0.1, 0.15) is 5.56 Å². The summed E-state index contributed by atoms with van der Waals surface area (Å²) in [5, 5.41) is 0. The zero-order valence-electron chi connectivity index (χ0n) is 11.3. The second-order valence-corrected chi connectivity index (χ2v) is 4.55. The van der Waals surface area contributed by atoms with Crippen molar-refractivity contribution in [3.8, 4) is 5.88 Å². The largest absolute Gasteiger partial charge is 0.481 e. The van der Waals surface area contributed by atoms with Crippen LogP contribution in [0.15, 0.2) is 42.5 Å². The van der Waals surface area contributed by atoms with E-state index < -0.39 is 0 Å². The number of nitrogens with zero attached hydrogens (tertiary/aromatic N) is 3. The van der Waals surface area contributed by atoms with Gasteiger partial charge in [-0.25, -0.2) is 4.98 Å². The lowest BCUT2D eigenvalue weighted by atomic mass is 10.1. The SMILES string of the molecule is COc1ccc2nc(N)n(CCc3ccccc3)c2n1. The zero-order valence-corrected chi connectivity index (χ0v) is 11.3. The summed E-state index contributed by atoms with van der Waals surface area (Å²) < 4.78 is 7.08. The molecule has 0 saturated heterocycles. The Kier molecular flexibility index (Phi) is 3.25. The van der Waals surface area contributed by atoms with Crippen molar-refractivity contribution in [2.45, 2.75) is 13.0 Å². The minimum Gasteiger partial charge on any atom is -0.481 e. The Morgan fingerprint density at radius 1 is 1.10 bits per heavy atom. The third kappa shape index (κ3) is 2.30. The number of aryl methyl sites for hydroxylation is 2. The molecule has 2 heterocycles. The van der Waals surface area contributed by atoms with Gasteiger partial charge >= 0.3 is 0 Å². The third-order valence-electron chi connectivity index (χ3n) is 3.27. The Hall–Kier alpha value is -2.56. The van der Waals surface area contributed by atoms with Gasteiger partial charge in [0.25, 0.3) is 0 Å². The van der Waals surface area contributed by atoms with E-state index in [4.69, 9.17) is 10.5 Å². The van der Waals surface area contributed by atoms with E-state index in [1.165, 1.54) is 5.56 Å². The third-order valence-corrected chi connectivity index (χ3v) is 3.27. The van der Waals surface area contributed by atoms with E-state index in [1.807, 2.05) is 28.8 Å². The van der Waals surface area contributed by atoms with Crippen LogP contribution in [0.2, 0.25) is 0 Å². The van der Waals surface area contributed by atoms with Crippen LogP contribution in [0, 0.1) is 0 Å². The fourth-order valence-electron chi connectivity index (χ4n) is 2.22. The van der Waals surface area contributed by atoms with Gasteiger partial charge < -0.3 is 10.5 Å². The Labute approximate surface area is 117 Å². The standard InChI is InChI=1S/C15H16N4O/c1-20-13-8-7-12-14(18-13)19(15(16)17-12)10-9-11-5-3-2-4-6-11/h2-8H,9-10H2,1H3,(H2,16,17). The summed E-state index contributed by atoms with van der Waals surface area (Å²) in [7, 11) is 1.60. The van der Waals surface area contributed by atoms with Crippen molar-refractivity contribution in [3.63, 3.8) is 0 Å². The smallest absolute Gasteiger partial charge is 0.215 e. The Balaban J connectivity index is 1.92. The number of benzene rings is 1. The first-order valence-corrected chi connectivity index (χ1v) is 6.48. The molecule has 0 aliphatic heterocycles. The van der Waals surface area contributed by atoms with Crippen molar-refractivity contribution in [2.24, 2.45) is 0 Å². The van der Waals surface area contributed by atoms with E-state index in [0.29, 0.717) is 11.8 Å². The number of fused-ring (bicyclic) bond motifs is 1. The van der Waals surface area contributed by atoms with E-state index in [0.717, 1.165) is 24.1 Å². The van der Waals surface area contributed by atoms with Gasteiger partial charge in [-0.15, -0.1) is 0 Å². The molecule has 5 heteroatoms. The molecule has 1 aromatic carbocycles. The lowest BCUT2D eigenvalue weighted by molar-refractivity contribution is 0.399. The molecule has 0 fully saturated rings. The summed E-state index contributed by atoms with van der Waals surface area (Å²) in [6, 6.07) is 13.9. The highest BCUT2D eigenvalue weighted by Gasteiger charge is 2.10. The first kappa shape index (κ1) is 12.5. The highest BCUT2D eigenvalue weighted by atomic mass is 16.5. The number of aromatic nitrogens is 3. The number of hydrogen-bond acceptors (Lipinski definition) is 4. The van der Waals surface area contributed by atoms with Crippen LogP contribution in [0.5, 0.6) is 5.88 Å². The minimum atomic E-state index is 0.483. The van der Waals surface area contributed by atoms with Gasteiger partial charge in [0.1, 0.15) is 5.52 Å². The van der Waals surface area contributed by atoms with Gasteiger partial charge in [-0.2, -0.15) is 4.98 Å². The molecule has 0 aliphatic carbocycles. The van der Waals surface area contributed by atoms with E-state index in [2.05, 4.69) is 22.1 Å². The topological polar surface area (TPSA) is 66.0 Å². The molecule has 0 spiro atoms. The molecule has 0 bridgehead atoms. The lowest BCUT2D eigenvalue weighted by Crippen LogP contribution is -2.06. The summed E-state index contributed by atoms with van der Waals surface area (Å²) in [6.45, 7) is 0.743. The summed E-state index contributed by atoms with van der Waals surface area (Å²) in [5.41, 5.74) is 8.79. The molecule has 102 valence electrons. The number of methoxy groups -OCH3 is 1. The van der Waals surface area contributed by atoms with Gasteiger partial charge in [-0.1, -0.05) is 30.3 Å². The van der Waals surface area contributed by atoms with Crippen molar-refractivity contribution in [2.75, 3.05) is 12.8 Å². The molecule has 20 heavy (non-hydrogen) atoms. The molecular formula is C15H16N4O. The van der Waals surface area contributed by atoms with Crippen molar-refractivity contribution >= 4 is 17.1 Å². The first-order chi connectivity index (χ1) is 9.78. The molecule has 0 saturated carbocycles. The molecule has 0 radical (unpaired) electrons. The quantitative estimate of drug-likeness (QED) is 0.788. The maximum atomic E-state index is 5.98. The number of anilines is 1. The fraction of sp³-hybridized carbons (Fsp3) is 0.200. The number of pyridine rings is 1. The van der Waals surface area contributed by atoms with Gasteiger partial charge in [0.15, 0.2) is 5.65 Å².